The van der Waals surface area contributed by atoms with E-state index in [4.69, 9.17) is 0 Å². The summed E-state index contributed by atoms with van der Waals surface area (Å²) in [6.07, 6.45) is 4.09. The monoisotopic (exact) mass is 390 g/mol. The standard InChI is InChI=1S/C25H30N2O2/c1-19(28)26-16-13-24(14-17-26)27-15-5-8-23(18-27)25(29)22-11-9-21(10-12-22)20-6-3-2-4-7-20/h2-4,6-7,9-12,23-24H,5,8,13-18H2,1H3. The van der Waals surface area contributed by atoms with E-state index in [1.165, 1.54) is 5.56 Å². The minimum atomic E-state index is 0.0807. The van der Waals surface area contributed by atoms with Crippen LogP contribution in [0.5, 0.6) is 0 Å². The number of rotatable bonds is 4. The normalized spacial score (nSPS) is 21.1. The zero-order chi connectivity index (χ0) is 20.2. The Bertz CT molecular complexity index is 839. The number of piperidine rings is 2. The van der Waals surface area contributed by atoms with Gasteiger partial charge < -0.3 is 4.90 Å². The molecule has 29 heavy (non-hydrogen) atoms. The maximum atomic E-state index is 13.1. The highest BCUT2D eigenvalue weighted by Gasteiger charge is 2.32. The SMILES string of the molecule is CC(=O)N1CCC(N2CCCC(C(=O)c3ccc(-c4ccccc4)cc3)C2)CC1. The summed E-state index contributed by atoms with van der Waals surface area (Å²) in [6.45, 7) is 5.26. The van der Waals surface area contributed by atoms with Crippen LogP contribution < -0.4 is 0 Å². The fourth-order valence-electron chi connectivity index (χ4n) is 4.79. The van der Waals surface area contributed by atoms with Crippen LogP contribution in [0, 0.1) is 5.92 Å². The largest absolute Gasteiger partial charge is 0.343 e. The number of likely N-dealkylation sites (tertiary alicyclic amines) is 2. The quantitative estimate of drug-likeness (QED) is 0.733. The average molecular weight is 391 g/mol. The highest BCUT2D eigenvalue weighted by atomic mass is 16.2. The Hall–Kier alpha value is -2.46. The number of amides is 1. The Morgan fingerprint density at radius 1 is 0.828 bits per heavy atom. The first-order valence-corrected chi connectivity index (χ1v) is 10.8. The van der Waals surface area contributed by atoms with Gasteiger partial charge in [-0.15, -0.1) is 0 Å². The first-order chi connectivity index (χ1) is 14.1. The molecule has 2 aromatic carbocycles. The van der Waals surface area contributed by atoms with Gasteiger partial charge in [-0.2, -0.15) is 0 Å². The molecule has 2 heterocycles. The molecule has 2 aliphatic rings. The van der Waals surface area contributed by atoms with Gasteiger partial charge in [0.05, 0.1) is 0 Å². The predicted octanol–water partition coefficient (Wildman–Crippen LogP) is 4.26. The van der Waals surface area contributed by atoms with Gasteiger partial charge in [0.25, 0.3) is 0 Å². The van der Waals surface area contributed by atoms with Crippen LogP contribution in [0.2, 0.25) is 0 Å². The summed E-state index contributed by atoms with van der Waals surface area (Å²) in [7, 11) is 0. The summed E-state index contributed by atoms with van der Waals surface area (Å²) in [5.41, 5.74) is 3.14. The molecule has 0 saturated carbocycles. The number of hydrogen-bond donors (Lipinski definition) is 0. The topological polar surface area (TPSA) is 40.6 Å². The summed E-state index contributed by atoms with van der Waals surface area (Å²) in [5.74, 6) is 0.529. The molecule has 0 radical (unpaired) electrons. The molecule has 0 aromatic heterocycles. The van der Waals surface area contributed by atoms with E-state index in [2.05, 4.69) is 29.2 Å². The van der Waals surface area contributed by atoms with Gasteiger partial charge >= 0.3 is 0 Å². The number of ketones is 1. The Labute approximate surface area is 173 Å². The van der Waals surface area contributed by atoms with Crippen molar-refractivity contribution in [3.63, 3.8) is 0 Å². The number of carbonyl (C=O) groups is 2. The molecule has 2 fully saturated rings. The maximum absolute atomic E-state index is 13.1. The lowest BCUT2D eigenvalue weighted by atomic mass is 9.87. The molecule has 4 heteroatoms. The highest BCUT2D eigenvalue weighted by Crippen LogP contribution is 2.27. The smallest absolute Gasteiger partial charge is 0.219 e. The van der Waals surface area contributed by atoms with Gasteiger partial charge in [-0.05, 0) is 43.4 Å². The molecule has 152 valence electrons. The van der Waals surface area contributed by atoms with Crippen molar-refractivity contribution in [2.45, 2.75) is 38.6 Å². The Morgan fingerprint density at radius 2 is 1.48 bits per heavy atom. The third-order valence-corrected chi connectivity index (χ3v) is 6.53. The first kappa shape index (κ1) is 19.8. The van der Waals surface area contributed by atoms with E-state index in [-0.39, 0.29) is 17.6 Å². The van der Waals surface area contributed by atoms with E-state index >= 15 is 0 Å². The molecular formula is C25H30N2O2. The van der Waals surface area contributed by atoms with Crippen molar-refractivity contribution >= 4 is 11.7 Å². The Morgan fingerprint density at radius 3 is 2.14 bits per heavy atom. The summed E-state index contributed by atoms with van der Waals surface area (Å²) in [6, 6.07) is 18.8. The summed E-state index contributed by atoms with van der Waals surface area (Å²) >= 11 is 0. The van der Waals surface area contributed by atoms with Crippen LogP contribution in [0.25, 0.3) is 11.1 Å². The number of Topliss-reactive ketones (excluding diaryl/α,β-unsaturated/α-hetero) is 1. The van der Waals surface area contributed by atoms with Crippen molar-refractivity contribution in [3.05, 3.63) is 60.2 Å². The van der Waals surface area contributed by atoms with Crippen LogP contribution in [-0.4, -0.2) is 53.7 Å². The van der Waals surface area contributed by atoms with E-state index in [9.17, 15) is 9.59 Å². The van der Waals surface area contributed by atoms with E-state index in [0.717, 1.165) is 63.0 Å². The lowest BCUT2D eigenvalue weighted by molar-refractivity contribution is -0.130. The highest BCUT2D eigenvalue weighted by molar-refractivity contribution is 5.98. The van der Waals surface area contributed by atoms with Crippen LogP contribution in [0.3, 0.4) is 0 Å². The van der Waals surface area contributed by atoms with Crippen LogP contribution in [0.15, 0.2) is 54.6 Å². The van der Waals surface area contributed by atoms with Crippen LogP contribution in [-0.2, 0) is 4.79 Å². The lowest BCUT2D eigenvalue weighted by Crippen LogP contribution is -2.50. The summed E-state index contributed by atoms with van der Waals surface area (Å²) < 4.78 is 0. The van der Waals surface area contributed by atoms with Crippen molar-refractivity contribution < 1.29 is 9.59 Å². The fourth-order valence-corrected chi connectivity index (χ4v) is 4.79. The number of hydrogen-bond acceptors (Lipinski definition) is 3. The molecule has 2 aliphatic heterocycles. The molecule has 4 nitrogen and oxygen atoms in total. The van der Waals surface area contributed by atoms with Crippen molar-refractivity contribution in [1.82, 2.24) is 9.80 Å². The molecule has 2 saturated heterocycles. The van der Waals surface area contributed by atoms with Gasteiger partial charge in [-0.1, -0.05) is 54.6 Å². The lowest BCUT2D eigenvalue weighted by Gasteiger charge is -2.41. The van der Waals surface area contributed by atoms with Gasteiger partial charge in [0.2, 0.25) is 5.91 Å². The van der Waals surface area contributed by atoms with Crippen LogP contribution >= 0.6 is 0 Å². The molecule has 1 amide bonds. The third-order valence-electron chi connectivity index (χ3n) is 6.53. The summed E-state index contributed by atoms with van der Waals surface area (Å²) in [4.78, 5) is 29.1. The molecule has 0 spiro atoms. The first-order valence-electron chi connectivity index (χ1n) is 10.8. The Kier molecular flexibility index (Phi) is 6.10. The van der Waals surface area contributed by atoms with E-state index in [1.54, 1.807) is 6.92 Å². The van der Waals surface area contributed by atoms with Gasteiger partial charge in [0.1, 0.15) is 0 Å². The van der Waals surface area contributed by atoms with Gasteiger partial charge in [0.15, 0.2) is 5.78 Å². The number of nitrogens with zero attached hydrogens (tertiary/aromatic N) is 2. The van der Waals surface area contributed by atoms with Crippen molar-refractivity contribution in [2.24, 2.45) is 5.92 Å². The minimum Gasteiger partial charge on any atom is -0.343 e. The molecule has 4 rings (SSSR count). The third kappa shape index (κ3) is 4.59. The fraction of sp³-hybridized carbons (Fsp3) is 0.440. The van der Waals surface area contributed by atoms with Crippen molar-refractivity contribution in [1.29, 1.82) is 0 Å². The molecule has 2 aromatic rings. The molecule has 1 atom stereocenters. The summed E-state index contributed by atoms with van der Waals surface area (Å²) in [5, 5.41) is 0. The number of carbonyl (C=O) groups excluding carboxylic acids is 2. The van der Waals surface area contributed by atoms with Crippen molar-refractivity contribution in [3.8, 4) is 11.1 Å². The second-order valence-electron chi connectivity index (χ2n) is 8.38. The van der Waals surface area contributed by atoms with E-state index in [1.807, 2.05) is 35.2 Å². The second kappa shape index (κ2) is 8.91. The molecule has 1 unspecified atom stereocenters. The molecular weight excluding hydrogens is 360 g/mol. The Balaban J connectivity index is 1.38. The van der Waals surface area contributed by atoms with E-state index < -0.39 is 0 Å². The van der Waals surface area contributed by atoms with Crippen LogP contribution in [0.4, 0.5) is 0 Å². The van der Waals surface area contributed by atoms with Crippen LogP contribution in [0.1, 0.15) is 43.0 Å². The average Bonchev–Trinajstić information content (AvgIpc) is 2.79. The van der Waals surface area contributed by atoms with Gasteiger partial charge in [0, 0.05) is 44.1 Å². The molecule has 0 aliphatic carbocycles. The van der Waals surface area contributed by atoms with Gasteiger partial charge in [-0.25, -0.2) is 0 Å². The maximum Gasteiger partial charge on any atom is 0.219 e. The zero-order valence-electron chi connectivity index (χ0n) is 17.2. The predicted molar refractivity (Wildman–Crippen MR) is 116 cm³/mol. The van der Waals surface area contributed by atoms with E-state index in [0.29, 0.717) is 6.04 Å². The number of benzene rings is 2. The van der Waals surface area contributed by atoms with Gasteiger partial charge in [-0.3, -0.25) is 14.5 Å². The minimum absolute atomic E-state index is 0.0807. The van der Waals surface area contributed by atoms with Crippen molar-refractivity contribution in [2.75, 3.05) is 26.2 Å². The second-order valence-corrected chi connectivity index (χ2v) is 8.38. The molecule has 0 bridgehead atoms. The molecule has 0 N–H and O–H groups in total. The zero-order valence-corrected chi connectivity index (χ0v) is 17.2.